The first kappa shape index (κ1) is 21.2. The van der Waals surface area contributed by atoms with Crippen LogP contribution in [0.3, 0.4) is 0 Å². The highest BCUT2D eigenvalue weighted by atomic mass is 127. The second-order valence-corrected chi connectivity index (χ2v) is 5.70. The topological polar surface area (TPSA) is 47.9 Å². The first-order chi connectivity index (χ1) is 10.1. The fourth-order valence-corrected chi connectivity index (χ4v) is 2.61. The number of hydrogen-bond donors (Lipinski definition) is 1. The molecule has 0 aliphatic carbocycles. The molecule has 0 saturated heterocycles. The molecule has 1 rings (SSSR count). The molecule has 0 aliphatic rings. The largest absolute Gasteiger partial charge is 0.357 e. The molecule has 7 heteroatoms. The van der Waals surface area contributed by atoms with Crippen LogP contribution in [0.1, 0.15) is 25.6 Å². The zero-order valence-corrected chi connectivity index (χ0v) is 17.0. The number of carbonyl (C=O) groups is 1. The molecule has 0 unspecified atom stereocenters. The van der Waals surface area contributed by atoms with Crippen molar-refractivity contribution >= 4 is 47.2 Å². The molecule has 126 valence electrons. The Morgan fingerprint density at radius 3 is 2.50 bits per heavy atom. The number of guanidine groups is 1. The van der Waals surface area contributed by atoms with Crippen molar-refractivity contribution in [1.29, 1.82) is 0 Å². The summed E-state index contributed by atoms with van der Waals surface area (Å²) in [7, 11) is 1.90. The number of halogens is 1. The fourth-order valence-electron chi connectivity index (χ4n) is 1.98. The number of carbonyl (C=O) groups excluding carboxylic acids is 1. The van der Waals surface area contributed by atoms with Gasteiger partial charge in [-0.25, -0.2) is 4.99 Å². The van der Waals surface area contributed by atoms with Crippen molar-refractivity contribution in [2.45, 2.75) is 27.3 Å². The molecule has 1 N–H and O–H groups in total. The van der Waals surface area contributed by atoms with Gasteiger partial charge in [0, 0.05) is 31.6 Å². The van der Waals surface area contributed by atoms with E-state index in [0.29, 0.717) is 13.1 Å². The molecule has 0 aromatic carbocycles. The maximum atomic E-state index is 12.2. The zero-order chi connectivity index (χ0) is 15.7. The quantitative estimate of drug-likeness (QED) is 0.405. The lowest BCUT2D eigenvalue weighted by atomic mass is 10.4. The van der Waals surface area contributed by atoms with Gasteiger partial charge in [-0.15, -0.1) is 35.3 Å². The number of nitrogens with zero attached hydrogens (tertiary/aromatic N) is 3. The van der Waals surface area contributed by atoms with Gasteiger partial charge in [-0.3, -0.25) is 4.79 Å². The van der Waals surface area contributed by atoms with Crippen LogP contribution in [0.5, 0.6) is 0 Å². The molecule has 0 atom stereocenters. The maximum Gasteiger partial charge on any atom is 0.242 e. The highest BCUT2D eigenvalue weighted by Gasteiger charge is 2.14. The number of aliphatic imine (C=N–C) groups is 1. The van der Waals surface area contributed by atoms with Gasteiger partial charge in [0.2, 0.25) is 5.91 Å². The molecule has 0 saturated carbocycles. The first-order valence-electron chi connectivity index (χ1n) is 7.41. The third-order valence-electron chi connectivity index (χ3n) is 3.15. The molecule has 0 aliphatic heterocycles. The lowest BCUT2D eigenvalue weighted by molar-refractivity contribution is -0.131. The van der Waals surface area contributed by atoms with Gasteiger partial charge in [0.1, 0.15) is 0 Å². The van der Waals surface area contributed by atoms with Crippen molar-refractivity contribution in [3.05, 3.63) is 22.4 Å². The van der Waals surface area contributed by atoms with E-state index in [1.807, 2.05) is 49.1 Å². The van der Waals surface area contributed by atoms with E-state index in [2.05, 4.69) is 16.4 Å². The predicted octanol–water partition coefficient (Wildman–Crippen LogP) is 2.63. The van der Waals surface area contributed by atoms with Gasteiger partial charge < -0.3 is 15.1 Å². The van der Waals surface area contributed by atoms with Gasteiger partial charge in [-0.05, 0) is 32.2 Å². The summed E-state index contributed by atoms with van der Waals surface area (Å²) < 4.78 is 0. The Labute approximate surface area is 154 Å². The molecular formula is C15H27IN4OS. The van der Waals surface area contributed by atoms with Crippen LogP contribution in [0.4, 0.5) is 0 Å². The molecule has 1 amide bonds. The van der Waals surface area contributed by atoms with E-state index in [9.17, 15) is 4.79 Å². The molecule has 0 radical (unpaired) electrons. The summed E-state index contributed by atoms with van der Waals surface area (Å²) in [6.07, 6.45) is 0. The average Bonchev–Trinajstić information content (AvgIpc) is 2.97. The molecule has 1 aromatic rings. The Balaban J connectivity index is 0.00000441. The summed E-state index contributed by atoms with van der Waals surface area (Å²) in [5.41, 5.74) is 0. The number of nitrogens with one attached hydrogen (secondary N) is 1. The number of likely N-dealkylation sites (N-methyl/N-ethyl adjacent to an activating group) is 2. The summed E-state index contributed by atoms with van der Waals surface area (Å²) >= 11 is 1.69. The highest BCUT2D eigenvalue weighted by molar-refractivity contribution is 14.0. The summed E-state index contributed by atoms with van der Waals surface area (Å²) in [5, 5.41) is 5.28. The van der Waals surface area contributed by atoms with Crippen LogP contribution in [0, 0.1) is 0 Å². The van der Waals surface area contributed by atoms with Crippen molar-refractivity contribution in [3.8, 4) is 0 Å². The Hall–Kier alpha value is -0.830. The van der Waals surface area contributed by atoms with Crippen LogP contribution >= 0.6 is 35.3 Å². The standard InChI is InChI=1S/C15H26N4OS.HI/c1-5-16-15(17-11-13-9-8-10-21-13)18(4)12-14(20)19(6-2)7-3;/h8-10H,5-7,11-12H2,1-4H3,(H,16,17);1H. The minimum absolute atomic E-state index is 0. The number of thiophene rings is 1. The van der Waals surface area contributed by atoms with E-state index in [1.165, 1.54) is 4.88 Å². The average molecular weight is 438 g/mol. The maximum absolute atomic E-state index is 12.2. The Morgan fingerprint density at radius 1 is 1.32 bits per heavy atom. The lowest BCUT2D eigenvalue weighted by Gasteiger charge is -2.25. The first-order valence-corrected chi connectivity index (χ1v) is 8.29. The Kier molecular flexibility index (Phi) is 11.3. The van der Waals surface area contributed by atoms with Crippen molar-refractivity contribution in [2.75, 3.05) is 33.2 Å². The second-order valence-electron chi connectivity index (χ2n) is 4.67. The third kappa shape index (κ3) is 6.95. The van der Waals surface area contributed by atoms with Gasteiger partial charge in [0.25, 0.3) is 0 Å². The van der Waals surface area contributed by atoms with E-state index in [4.69, 9.17) is 0 Å². The molecule has 1 aromatic heterocycles. The normalized spacial score (nSPS) is 10.8. The molecule has 1 heterocycles. The summed E-state index contributed by atoms with van der Waals surface area (Å²) in [6, 6.07) is 4.09. The monoisotopic (exact) mass is 438 g/mol. The third-order valence-corrected chi connectivity index (χ3v) is 4.01. The van der Waals surface area contributed by atoms with Crippen LogP contribution in [0.15, 0.2) is 22.5 Å². The van der Waals surface area contributed by atoms with Crippen molar-refractivity contribution in [1.82, 2.24) is 15.1 Å². The minimum atomic E-state index is 0. The highest BCUT2D eigenvalue weighted by Crippen LogP contribution is 2.09. The van der Waals surface area contributed by atoms with E-state index in [1.54, 1.807) is 11.3 Å². The zero-order valence-electron chi connectivity index (χ0n) is 13.8. The van der Waals surface area contributed by atoms with Crippen LogP contribution in [0.2, 0.25) is 0 Å². The lowest BCUT2D eigenvalue weighted by Crippen LogP contribution is -2.45. The summed E-state index contributed by atoms with van der Waals surface area (Å²) in [6.45, 7) is 9.28. The summed E-state index contributed by atoms with van der Waals surface area (Å²) in [4.78, 5) is 21.7. The van der Waals surface area contributed by atoms with Gasteiger partial charge >= 0.3 is 0 Å². The van der Waals surface area contributed by atoms with Crippen LogP contribution in [-0.4, -0.2) is 54.9 Å². The number of amides is 1. The SMILES string of the molecule is CCNC(=NCc1cccs1)N(C)CC(=O)N(CC)CC.I. The number of rotatable bonds is 7. The predicted molar refractivity (Wildman–Crippen MR) is 105 cm³/mol. The van der Waals surface area contributed by atoms with Gasteiger partial charge in [0.15, 0.2) is 5.96 Å². The van der Waals surface area contributed by atoms with Gasteiger partial charge in [-0.2, -0.15) is 0 Å². The second kappa shape index (κ2) is 11.7. The van der Waals surface area contributed by atoms with E-state index < -0.39 is 0 Å². The minimum Gasteiger partial charge on any atom is -0.357 e. The fraction of sp³-hybridized carbons (Fsp3) is 0.600. The molecule has 0 spiro atoms. The van der Waals surface area contributed by atoms with Crippen LogP contribution < -0.4 is 5.32 Å². The van der Waals surface area contributed by atoms with Crippen molar-refractivity contribution < 1.29 is 4.79 Å². The van der Waals surface area contributed by atoms with E-state index >= 15 is 0 Å². The molecule has 0 fully saturated rings. The van der Waals surface area contributed by atoms with Crippen LogP contribution in [0.25, 0.3) is 0 Å². The van der Waals surface area contributed by atoms with Crippen LogP contribution in [-0.2, 0) is 11.3 Å². The van der Waals surface area contributed by atoms with Gasteiger partial charge in [0.05, 0.1) is 13.1 Å². The molecule has 5 nitrogen and oxygen atoms in total. The number of hydrogen-bond acceptors (Lipinski definition) is 3. The molecule has 22 heavy (non-hydrogen) atoms. The van der Waals surface area contributed by atoms with Crippen molar-refractivity contribution in [2.24, 2.45) is 4.99 Å². The summed E-state index contributed by atoms with van der Waals surface area (Å²) in [5.74, 6) is 0.899. The molecular weight excluding hydrogens is 411 g/mol. The Morgan fingerprint density at radius 2 is 2.00 bits per heavy atom. The Bertz CT molecular complexity index is 446. The smallest absolute Gasteiger partial charge is 0.242 e. The van der Waals surface area contributed by atoms with E-state index in [-0.39, 0.29) is 29.9 Å². The van der Waals surface area contributed by atoms with E-state index in [0.717, 1.165) is 25.6 Å². The van der Waals surface area contributed by atoms with Crippen molar-refractivity contribution in [3.63, 3.8) is 0 Å². The van der Waals surface area contributed by atoms with Gasteiger partial charge in [-0.1, -0.05) is 6.07 Å². The molecule has 0 bridgehead atoms.